The number of rotatable bonds is 5. The maximum atomic E-state index is 4.59. The molecule has 1 saturated carbocycles. The van der Waals surface area contributed by atoms with Crippen LogP contribution in [0, 0.1) is 0 Å². The van der Waals surface area contributed by atoms with E-state index in [-0.39, 0.29) is 0 Å². The minimum absolute atomic E-state index is 0.320. The Hall–Kier alpha value is -1.09. The van der Waals surface area contributed by atoms with Crippen LogP contribution in [-0.2, 0) is 0 Å². The lowest BCUT2D eigenvalue weighted by Crippen LogP contribution is -2.33. The third-order valence-corrected chi connectivity index (χ3v) is 4.09. The molecule has 1 aliphatic carbocycles. The minimum Gasteiger partial charge on any atom is -0.368 e. The summed E-state index contributed by atoms with van der Waals surface area (Å²) in [5.41, 5.74) is 2.39. The van der Waals surface area contributed by atoms with Gasteiger partial charge in [-0.2, -0.15) is 0 Å². The van der Waals surface area contributed by atoms with Crippen molar-refractivity contribution in [1.29, 1.82) is 0 Å². The zero-order chi connectivity index (χ0) is 13.0. The maximum absolute atomic E-state index is 4.59. The van der Waals surface area contributed by atoms with Gasteiger partial charge < -0.3 is 10.2 Å². The molecule has 1 atom stereocenters. The fraction of sp³-hybridized carbons (Fsp3) is 0.667. The van der Waals surface area contributed by atoms with Crippen LogP contribution in [0.1, 0.15) is 51.3 Å². The molecule has 1 aromatic heterocycles. The first-order valence-corrected chi connectivity index (χ1v) is 7.16. The Labute approximate surface area is 111 Å². The van der Waals surface area contributed by atoms with E-state index in [2.05, 4.69) is 41.2 Å². The van der Waals surface area contributed by atoms with Gasteiger partial charge in [0.15, 0.2) is 0 Å². The van der Waals surface area contributed by atoms with Crippen LogP contribution in [-0.4, -0.2) is 24.6 Å². The van der Waals surface area contributed by atoms with Gasteiger partial charge in [0.25, 0.3) is 0 Å². The fourth-order valence-electron chi connectivity index (χ4n) is 2.84. The van der Waals surface area contributed by atoms with Gasteiger partial charge in [0.2, 0.25) is 0 Å². The van der Waals surface area contributed by atoms with Gasteiger partial charge in [0.05, 0.1) is 17.6 Å². The first-order valence-electron chi connectivity index (χ1n) is 7.16. The topological polar surface area (TPSA) is 28.2 Å². The van der Waals surface area contributed by atoms with Crippen molar-refractivity contribution >= 4 is 5.69 Å². The Morgan fingerprint density at radius 2 is 2.11 bits per heavy atom. The maximum Gasteiger partial charge on any atom is 0.0571 e. The normalized spacial score (nSPS) is 17.9. The minimum atomic E-state index is 0.320. The molecule has 1 unspecified atom stereocenters. The van der Waals surface area contributed by atoms with E-state index in [0.717, 1.165) is 18.3 Å². The van der Waals surface area contributed by atoms with Gasteiger partial charge in [-0.15, -0.1) is 0 Å². The second-order valence-corrected chi connectivity index (χ2v) is 5.18. The molecule has 0 radical (unpaired) electrons. The number of nitrogens with zero attached hydrogens (tertiary/aromatic N) is 2. The van der Waals surface area contributed by atoms with Crippen molar-refractivity contribution in [2.45, 2.75) is 51.6 Å². The van der Waals surface area contributed by atoms with Crippen molar-refractivity contribution in [3.8, 4) is 0 Å². The molecule has 1 fully saturated rings. The van der Waals surface area contributed by atoms with E-state index in [9.17, 15) is 0 Å². The van der Waals surface area contributed by atoms with E-state index in [4.69, 9.17) is 0 Å². The van der Waals surface area contributed by atoms with Crippen molar-refractivity contribution < 1.29 is 0 Å². The van der Waals surface area contributed by atoms with E-state index >= 15 is 0 Å². The summed E-state index contributed by atoms with van der Waals surface area (Å²) in [6, 6.07) is 5.41. The molecule has 3 nitrogen and oxygen atoms in total. The highest BCUT2D eigenvalue weighted by molar-refractivity contribution is 5.46. The average molecular weight is 247 g/mol. The molecule has 1 aromatic rings. The smallest absolute Gasteiger partial charge is 0.0571 e. The average Bonchev–Trinajstić information content (AvgIpc) is 2.93. The summed E-state index contributed by atoms with van der Waals surface area (Å²) in [5.74, 6) is 0. The van der Waals surface area contributed by atoms with Crippen molar-refractivity contribution in [1.82, 2.24) is 10.3 Å². The molecule has 1 N–H and O–H groups in total. The number of aromatic nitrogens is 1. The zero-order valence-corrected chi connectivity index (χ0v) is 11.8. The van der Waals surface area contributed by atoms with Crippen LogP contribution >= 0.6 is 0 Å². The molecule has 0 spiro atoms. The van der Waals surface area contributed by atoms with Crippen LogP contribution < -0.4 is 10.2 Å². The van der Waals surface area contributed by atoms with Crippen LogP contribution in [0.25, 0.3) is 0 Å². The van der Waals surface area contributed by atoms with E-state index in [0.29, 0.717) is 6.04 Å². The monoisotopic (exact) mass is 247 g/mol. The third kappa shape index (κ3) is 2.83. The number of anilines is 1. The van der Waals surface area contributed by atoms with E-state index in [1.165, 1.54) is 31.4 Å². The predicted molar refractivity (Wildman–Crippen MR) is 77.0 cm³/mol. The molecule has 3 heteroatoms. The summed E-state index contributed by atoms with van der Waals surface area (Å²) in [5, 5.41) is 3.22. The Kier molecular flexibility index (Phi) is 4.59. The van der Waals surface area contributed by atoms with Crippen molar-refractivity contribution in [2.75, 3.05) is 18.5 Å². The summed E-state index contributed by atoms with van der Waals surface area (Å²) >= 11 is 0. The molecule has 100 valence electrons. The predicted octanol–water partition coefficient (Wildman–Crippen LogP) is 3.13. The van der Waals surface area contributed by atoms with Gasteiger partial charge in [-0.3, -0.25) is 4.98 Å². The molecule has 0 aromatic carbocycles. The standard InChI is InChI=1S/C15H25N3/c1-4-18(13-7-5-6-8-13)14-9-10-15(17-11-14)12(2)16-3/h9-13,16H,4-8H2,1-3H3. The van der Waals surface area contributed by atoms with Crippen molar-refractivity contribution in [2.24, 2.45) is 0 Å². The SMILES string of the molecule is CCN(c1ccc(C(C)NC)nc1)C1CCCC1. The molecule has 18 heavy (non-hydrogen) atoms. The Bertz CT molecular complexity index is 355. The lowest BCUT2D eigenvalue weighted by atomic mass is 10.1. The summed E-state index contributed by atoms with van der Waals surface area (Å²) in [6.07, 6.45) is 7.46. The van der Waals surface area contributed by atoms with Crippen LogP contribution in [0.15, 0.2) is 18.3 Å². The van der Waals surface area contributed by atoms with Crippen LogP contribution in [0.4, 0.5) is 5.69 Å². The van der Waals surface area contributed by atoms with E-state index < -0.39 is 0 Å². The lowest BCUT2D eigenvalue weighted by Gasteiger charge is -2.29. The summed E-state index contributed by atoms with van der Waals surface area (Å²) in [7, 11) is 1.97. The Balaban J connectivity index is 2.11. The highest BCUT2D eigenvalue weighted by Gasteiger charge is 2.21. The van der Waals surface area contributed by atoms with E-state index in [1.807, 2.05) is 13.2 Å². The zero-order valence-electron chi connectivity index (χ0n) is 11.8. The first-order chi connectivity index (χ1) is 8.76. The molecule has 2 rings (SSSR count). The Morgan fingerprint density at radius 3 is 2.61 bits per heavy atom. The molecule has 0 saturated heterocycles. The molecule has 0 aliphatic heterocycles. The fourth-order valence-corrected chi connectivity index (χ4v) is 2.84. The highest BCUT2D eigenvalue weighted by Crippen LogP contribution is 2.28. The number of hydrogen-bond donors (Lipinski definition) is 1. The summed E-state index contributed by atoms with van der Waals surface area (Å²) in [6.45, 7) is 5.45. The summed E-state index contributed by atoms with van der Waals surface area (Å²) < 4.78 is 0. The van der Waals surface area contributed by atoms with Gasteiger partial charge in [-0.25, -0.2) is 0 Å². The van der Waals surface area contributed by atoms with Gasteiger partial charge in [0.1, 0.15) is 0 Å². The number of hydrogen-bond acceptors (Lipinski definition) is 3. The Morgan fingerprint density at radius 1 is 1.39 bits per heavy atom. The lowest BCUT2D eigenvalue weighted by molar-refractivity contribution is 0.613. The largest absolute Gasteiger partial charge is 0.368 e. The third-order valence-electron chi connectivity index (χ3n) is 4.09. The van der Waals surface area contributed by atoms with Crippen LogP contribution in [0.5, 0.6) is 0 Å². The second-order valence-electron chi connectivity index (χ2n) is 5.18. The highest BCUT2D eigenvalue weighted by atomic mass is 15.2. The molecule has 0 amide bonds. The first kappa shape index (κ1) is 13.3. The van der Waals surface area contributed by atoms with Crippen LogP contribution in [0.2, 0.25) is 0 Å². The van der Waals surface area contributed by atoms with Gasteiger partial charge >= 0.3 is 0 Å². The van der Waals surface area contributed by atoms with Gasteiger partial charge in [-0.1, -0.05) is 12.8 Å². The summed E-state index contributed by atoms with van der Waals surface area (Å²) in [4.78, 5) is 7.09. The molecular formula is C15H25N3. The van der Waals surface area contributed by atoms with Crippen molar-refractivity contribution in [3.63, 3.8) is 0 Å². The van der Waals surface area contributed by atoms with Gasteiger partial charge in [-0.05, 0) is 45.9 Å². The van der Waals surface area contributed by atoms with Crippen molar-refractivity contribution in [3.05, 3.63) is 24.0 Å². The van der Waals surface area contributed by atoms with Gasteiger partial charge in [0, 0.05) is 18.6 Å². The molecule has 1 heterocycles. The molecular weight excluding hydrogens is 222 g/mol. The molecule has 1 aliphatic rings. The quantitative estimate of drug-likeness (QED) is 0.866. The van der Waals surface area contributed by atoms with Crippen LogP contribution in [0.3, 0.4) is 0 Å². The number of nitrogens with one attached hydrogen (secondary N) is 1. The molecule has 0 bridgehead atoms. The van der Waals surface area contributed by atoms with E-state index in [1.54, 1.807) is 0 Å². The second kappa shape index (κ2) is 6.19. The number of pyridine rings is 1.